The molecule has 0 radical (unpaired) electrons. The van der Waals surface area contributed by atoms with Crippen LogP contribution in [0.4, 0.5) is 0 Å². The average Bonchev–Trinajstić information content (AvgIpc) is 2.05. The molecule has 0 aromatic heterocycles. The first-order valence-electron chi connectivity index (χ1n) is 4.71. The number of hydrogen-bond donors (Lipinski definition) is 1. The van der Waals surface area contributed by atoms with Crippen molar-refractivity contribution in [3.8, 4) is 0 Å². The summed E-state index contributed by atoms with van der Waals surface area (Å²) in [5, 5.41) is 3.43. The van der Waals surface area contributed by atoms with Gasteiger partial charge in [-0.2, -0.15) is 0 Å². The Balaban J connectivity index is 3.46. The molecule has 12 heavy (non-hydrogen) atoms. The summed E-state index contributed by atoms with van der Waals surface area (Å²) >= 11 is 0. The zero-order valence-electron chi connectivity index (χ0n) is 8.64. The average molecular weight is 170 g/mol. The summed E-state index contributed by atoms with van der Waals surface area (Å²) in [7, 11) is 4.19. The van der Waals surface area contributed by atoms with Gasteiger partial charge in [0.25, 0.3) is 0 Å². The van der Waals surface area contributed by atoms with E-state index < -0.39 is 0 Å². The highest BCUT2D eigenvalue weighted by Crippen LogP contribution is 1.94. The number of hydrogen-bond acceptors (Lipinski definition) is 2. The Morgan fingerprint density at radius 1 is 1.50 bits per heavy atom. The summed E-state index contributed by atoms with van der Waals surface area (Å²) < 4.78 is 0. The van der Waals surface area contributed by atoms with Crippen LogP contribution in [0.3, 0.4) is 0 Å². The molecule has 0 aromatic rings. The van der Waals surface area contributed by atoms with Crippen molar-refractivity contribution in [3.05, 3.63) is 12.7 Å². The van der Waals surface area contributed by atoms with E-state index in [1.165, 1.54) is 6.42 Å². The Labute approximate surface area is 76.6 Å². The summed E-state index contributed by atoms with van der Waals surface area (Å²) in [6.45, 7) is 8.20. The highest BCUT2D eigenvalue weighted by Gasteiger charge is 2.01. The van der Waals surface area contributed by atoms with Crippen LogP contribution in [0.5, 0.6) is 0 Å². The molecule has 1 N–H and O–H groups in total. The van der Waals surface area contributed by atoms with Crippen LogP contribution in [0.2, 0.25) is 0 Å². The van der Waals surface area contributed by atoms with E-state index in [4.69, 9.17) is 0 Å². The molecule has 0 spiro atoms. The third-order valence-corrected chi connectivity index (χ3v) is 1.83. The highest BCUT2D eigenvalue weighted by atomic mass is 15.1. The number of rotatable bonds is 7. The molecular formula is C10H22N2. The first-order valence-corrected chi connectivity index (χ1v) is 4.71. The van der Waals surface area contributed by atoms with E-state index >= 15 is 0 Å². The normalized spacial score (nSPS) is 13.3. The van der Waals surface area contributed by atoms with Gasteiger partial charge in [-0.1, -0.05) is 13.0 Å². The maximum absolute atomic E-state index is 3.81. The van der Waals surface area contributed by atoms with Crippen molar-refractivity contribution in [1.82, 2.24) is 10.2 Å². The van der Waals surface area contributed by atoms with Crippen LogP contribution in [0.15, 0.2) is 12.7 Å². The van der Waals surface area contributed by atoms with Gasteiger partial charge in [0.2, 0.25) is 0 Å². The van der Waals surface area contributed by atoms with E-state index in [9.17, 15) is 0 Å². The molecule has 0 saturated heterocycles. The monoisotopic (exact) mass is 170 g/mol. The first kappa shape index (κ1) is 11.7. The summed E-state index contributed by atoms with van der Waals surface area (Å²) in [5.41, 5.74) is 0. The van der Waals surface area contributed by atoms with E-state index in [-0.39, 0.29) is 0 Å². The van der Waals surface area contributed by atoms with Crippen LogP contribution in [0, 0.1) is 0 Å². The predicted octanol–water partition coefficient (Wildman–Crippen LogP) is 1.49. The van der Waals surface area contributed by atoms with Crippen molar-refractivity contribution in [3.63, 3.8) is 0 Å². The minimum absolute atomic E-state index is 0.479. The van der Waals surface area contributed by atoms with Gasteiger partial charge in [-0.15, -0.1) is 6.58 Å². The molecule has 0 aromatic carbocycles. The molecule has 72 valence electrons. The smallest absolute Gasteiger partial charge is 0.0259 e. The quantitative estimate of drug-likeness (QED) is 0.582. The second-order valence-electron chi connectivity index (χ2n) is 3.39. The minimum Gasteiger partial charge on any atom is -0.310 e. The van der Waals surface area contributed by atoms with Crippen LogP contribution in [-0.2, 0) is 0 Å². The second kappa shape index (κ2) is 7.32. The molecule has 0 heterocycles. The van der Waals surface area contributed by atoms with E-state index in [0.29, 0.717) is 6.04 Å². The van der Waals surface area contributed by atoms with E-state index in [2.05, 4.69) is 37.8 Å². The van der Waals surface area contributed by atoms with Crippen molar-refractivity contribution in [2.24, 2.45) is 0 Å². The lowest BCUT2D eigenvalue weighted by atomic mass is 10.2. The van der Waals surface area contributed by atoms with Gasteiger partial charge in [0, 0.05) is 6.04 Å². The molecule has 0 amide bonds. The maximum atomic E-state index is 3.81. The van der Waals surface area contributed by atoms with Gasteiger partial charge < -0.3 is 10.2 Å². The van der Waals surface area contributed by atoms with Crippen LogP contribution < -0.4 is 5.32 Å². The molecule has 0 aliphatic rings. The van der Waals surface area contributed by atoms with Gasteiger partial charge in [-0.3, -0.25) is 0 Å². The zero-order valence-corrected chi connectivity index (χ0v) is 8.64. The highest BCUT2D eigenvalue weighted by molar-refractivity contribution is 4.85. The fourth-order valence-corrected chi connectivity index (χ4v) is 1.03. The fourth-order valence-electron chi connectivity index (χ4n) is 1.03. The number of nitrogens with one attached hydrogen (secondary N) is 1. The van der Waals surface area contributed by atoms with Gasteiger partial charge in [0.1, 0.15) is 0 Å². The standard InChI is InChI=1S/C10H22N2/c1-5-8-11-10(6-2)7-9-12(3)4/h6,10-11H,2,5,7-9H2,1,3-4H3. The second-order valence-corrected chi connectivity index (χ2v) is 3.39. The Kier molecular flexibility index (Phi) is 7.11. The molecular weight excluding hydrogens is 148 g/mol. The largest absolute Gasteiger partial charge is 0.310 e. The molecule has 0 aliphatic heterocycles. The van der Waals surface area contributed by atoms with Crippen LogP contribution in [0.25, 0.3) is 0 Å². The zero-order chi connectivity index (χ0) is 9.40. The topological polar surface area (TPSA) is 15.3 Å². The van der Waals surface area contributed by atoms with Crippen molar-refractivity contribution in [1.29, 1.82) is 0 Å². The third kappa shape index (κ3) is 6.38. The minimum atomic E-state index is 0.479. The molecule has 0 rings (SSSR count). The Bertz CT molecular complexity index is 110. The lowest BCUT2D eigenvalue weighted by molar-refractivity contribution is 0.377. The molecule has 1 atom stereocenters. The van der Waals surface area contributed by atoms with Crippen LogP contribution in [0.1, 0.15) is 19.8 Å². The summed E-state index contributed by atoms with van der Waals surface area (Å²) in [4.78, 5) is 2.20. The fraction of sp³-hybridized carbons (Fsp3) is 0.800. The van der Waals surface area contributed by atoms with Gasteiger partial charge in [-0.25, -0.2) is 0 Å². The molecule has 2 nitrogen and oxygen atoms in total. The first-order chi connectivity index (χ1) is 5.70. The molecule has 0 aliphatic carbocycles. The third-order valence-electron chi connectivity index (χ3n) is 1.83. The van der Waals surface area contributed by atoms with Gasteiger partial charge in [-0.05, 0) is 40.0 Å². The van der Waals surface area contributed by atoms with E-state index in [1.54, 1.807) is 0 Å². The molecule has 0 saturated carbocycles. The van der Waals surface area contributed by atoms with Gasteiger partial charge in [0.15, 0.2) is 0 Å². The molecule has 1 unspecified atom stereocenters. The number of nitrogens with zero attached hydrogens (tertiary/aromatic N) is 1. The maximum Gasteiger partial charge on any atom is 0.0259 e. The van der Waals surface area contributed by atoms with Crippen molar-refractivity contribution >= 4 is 0 Å². The van der Waals surface area contributed by atoms with Crippen molar-refractivity contribution in [2.45, 2.75) is 25.8 Å². The Morgan fingerprint density at radius 3 is 2.58 bits per heavy atom. The van der Waals surface area contributed by atoms with Crippen molar-refractivity contribution in [2.75, 3.05) is 27.2 Å². The lowest BCUT2D eigenvalue weighted by Crippen LogP contribution is -2.31. The van der Waals surface area contributed by atoms with E-state index in [0.717, 1.165) is 19.5 Å². The summed E-state index contributed by atoms with van der Waals surface area (Å²) in [6, 6.07) is 0.479. The summed E-state index contributed by atoms with van der Waals surface area (Å²) in [5.74, 6) is 0. The van der Waals surface area contributed by atoms with Crippen LogP contribution >= 0.6 is 0 Å². The Hall–Kier alpha value is -0.340. The molecule has 0 fully saturated rings. The van der Waals surface area contributed by atoms with Gasteiger partial charge >= 0.3 is 0 Å². The lowest BCUT2D eigenvalue weighted by Gasteiger charge is -2.16. The summed E-state index contributed by atoms with van der Waals surface area (Å²) in [6.07, 6.45) is 4.34. The van der Waals surface area contributed by atoms with Crippen molar-refractivity contribution < 1.29 is 0 Å². The van der Waals surface area contributed by atoms with Gasteiger partial charge in [0.05, 0.1) is 0 Å². The van der Waals surface area contributed by atoms with E-state index in [1.807, 2.05) is 6.08 Å². The molecule has 0 bridgehead atoms. The van der Waals surface area contributed by atoms with Crippen LogP contribution in [-0.4, -0.2) is 38.1 Å². The predicted molar refractivity (Wildman–Crippen MR) is 55.4 cm³/mol. The molecule has 2 heteroatoms. The Morgan fingerprint density at radius 2 is 2.17 bits per heavy atom. The SMILES string of the molecule is C=CC(CCN(C)C)NCCC.